The molecule has 1 aromatic heterocycles. The summed E-state index contributed by atoms with van der Waals surface area (Å²) in [4.78, 5) is 12.7. The lowest BCUT2D eigenvalue weighted by Crippen LogP contribution is -2.14. The van der Waals surface area contributed by atoms with Crippen LogP contribution in [0.15, 0.2) is 76.0 Å². The van der Waals surface area contributed by atoms with Gasteiger partial charge in [-0.2, -0.15) is 0 Å². The van der Waals surface area contributed by atoms with E-state index in [1.165, 1.54) is 0 Å². The molecule has 1 amide bonds. The smallest absolute Gasteiger partial charge is 0.322 e. The zero-order valence-corrected chi connectivity index (χ0v) is 18.6. The standard InChI is InChI=1S/C24H23N3O4S/c1-16(2)32(29,30)21-11-8-17(9-12-21)15-23-26-27-24(31-23)25-22(28)14-18-7-10-19-5-3-4-6-20(19)13-18/h3-13,16H,14-15H2,1-2H3,(H,25,27,28). The average Bonchev–Trinajstić information content (AvgIpc) is 3.20. The fourth-order valence-electron chi connectivity index (χ4n) is 3.32. The predicted octanol–water partition coefficient (Wildman–Crippen LogP) is 4.18. The first kappa shape index (κ1) is 21.7. The van der Waals surface area contributed by atoms with E-state index in [0.29, 0.717) is 12.3 Å². The highest BCUT2D eigenvalue weighted by molar-refractivity contribution is 7.92. The zero-order valence-electron chi connectivity index (χ0n) is 17.8. The number of nitrogens with one attached hydrogen (secondary N) is 1. The third-order valence-corrected chi connectivity index (χ3v) is 7.29. The Balaban J connectivity index is 1.37. The fraction of sp³-hybridized carbons (Fsp3) is 0.208. The van der Waals surface area contributed by atoms with Crippen LogP contribution in [0.25, 0.3) is 10.8 Å². The average molecular weight is 450 g/mol. The minimum absolute atomic E-state index is 0.0322. The van der Waals surface area contributed by atoms with Crippen molar-refractivity contribution < 1.29 is 17.6 Å². The number of benzene rings is 3. The summed E-state index contributed by atoms with van der Waals surface area (Å²) < 4.78 is 30.0. The summed E-state index contributed by atoms with van der Waals surface area (Å²) in [5.41, 5.74) is 1.71. The lowest BCUT2D eigenvalue weighted by molar-refractivity contribution is -0.115. The third-order valence-electron chi connectivity index (χ3n) is 5.12. The van der Waals surface area contributed by atoms with E-state index in [9.17, 15) is 13.2 Å². The van der Waals surface area contributed by atoms with Crippen LogP contribution in [0.4, 0.5) is 6.01 Å². The molecule has 1 N–H and O–H groups in total. The van der Waals surface area contributed by atoms with Crippen molar-refractivity contribution in [3.05, 3.63) is 83.7 Å². The molecule has 0 fully saturated rings. The first-order valence-corrected chi connectivity index (χ1v) is 11.8. The Morgan fingerprint density at radius 2 is 1.62 bits per heavy atom. The molecule has 4 aromatic rings. The molecule has 0 atom stereocenters. The molecule has 3 aromatic carbocycles. The van der Waals surface area contributed by atoms with E-state index < -0.39 is 15.1 Å². The third kappa shape index (κ3) is 4.86. The van der Waals surface area contributed by atoms with Gasteiger partial charge in [-0.3, -0.25) is 10.1 Å². The van der Waals surface area contributed by atoms with Gasteiger partial charge in [-0.15, -0.1) is 5.10 Å². The summed E-state index contributed by atoms with van der Waals surface area (Å²) in [6.07, 6.45) is 0.518. The number of sulfone groups is 1. The van der Waals surface area contributed by atoms with E-state index in [1.807, 2.05) is 42.5 Å². The summed E-state index contributed by atoms with van der Waals surface area (Å²) in [6, 6.07) is 20.5. The van der Waals surface area contributed by atoms with E-state index in [1.54, 1.807) is 38.1 Å². The molecule has 0 saturated heterocycles. The minimum atomic E-state index is -3.31. The number of hydrogen-bond donors (Lipinski definition) is 1. The second-order valence-electron chi connectivity index (χ2n) is 7.82. The Kier molecular flexibility index (Phi) is 6.05. The van der Waals surface area contributed by atoms with E-state index in [4.69, 9.17) is 4.42 Å². The van der Waals surface area contributed by atoms with Gasteiger partial charge in [0.1, 0.15) is 0 Å². The molecule has 0 unspecified atom stereocenters. The molecule has 0 aliphatic carbocycles. The van der Waals surface area contributed by atoms with Gasteiger partial charge in [0.25, 0.3) is 0 Å². The number of amides is 1. The maximum Gasteiger partial charge on any atom is 0.322 e. The van der Waals surface area contributed by atoms with E-state index in [0.717, 1.165) is 21.9 Å². The molecule has 1 heterocycles. The molecule has 0 saturated carbocycles. The molecular formula is C24H23N3O4S. The van der Waals surface area contributed by atoms with Gasteiger partial charge < -0.3 is 4.42 Å². The van der Waals surface area contributed by atoms with Crippen molar-refractivity contribution in [2.75, 3.05) is 5.32 Å². The molecule has 32 heavy (non-hydrogen) atoms. The van der Waals surface area contributed by atoms with Gasteiger partial charge in [-0.25, -0.2) is 8.42 Å². The van der Waals surface area contributed by atoms with Crippen molar-refractivity contribution in [1.82, 2.24) is 10.2 Å². The number of fused-ring (bicyclic) bond motifs is 1. The Morgan fingerprint density at radius 3 is 2.34 bits per heavy atom. The van der Waals surface area contributed by atoms with Crippen LogP contribution in [0.5, 0.6) is 0 Å². The highest BCUT2D eigenvalue weighted by Gasteiger charge is 2.19. The first-order chi connectivity index (χ1) is 15.3. The number of rotatable bonds is 7. The summed E-state index contributed by atoms with van der Waals surface area (Å²) in [5.74, 6) is 0.0733. The topological polar surface area (TPSA) is 102 Å². The molecular weight excluding hydrogens is 426 g/mol. The van der Waals surface area contributed by atoms with Crippen LogP contribution < -0.4 is 5.32 Å². The molecule has 0 aliphatic rings. The van der Waals surface area contributed by atoms with E-state index in [2.05, 4.69) is 15.5 Å². The Bertz CT molecular complexity index is 1360. The Morgan fingerprint density at radius 1 is 0.938 bits per heavy atom. The van der Waals surface area contributed by atoms with Gasteiger partial charge in [0.2, 0.25) is 11.8 Å². The second kappa shape index (κ2) is 8.92. The van der Waals surface area contributed by atoms with E-state index in [-0.39, 0.29) is 23.2 Å². The second-order valence-corrected chi connectivity index (χ2v) is 10.3. The SMILES string of the molecule is CC(C)S(=O)(=O)c1ccc(Cc2nnc(NC(=O)Cc3ccc4ccccc4c3)o2)cc1. The van der Waals surface area contributed by atoms with Crippen LogP contribution >= 0.6 is 0 Å². The number of aromatic nitrogens is 2. The lowest BCUT2D eigenvalue weighted by atomic mass is 10.1. The van der Waals surface area contributed by atoms with Crippen molar-refractivity contribution in [3.8, 4) is 0 Å². The van der Waals surface area contributed by atoms with Gasteiger partial charge >= 0.3 is 6.01 Å². The number of hydrogen-bond acceptors (Lipinski definition) is 6. The van der Waals surface area contributed by atoms with Crippen LogP contribution in [-0.2, 0) is 27.5 Å². The first-order valence-electron chi connectivity index (χ1n) is 10.2. The van der Waals surface area contributed by atoms with E-state index >= 15 is 0 Å². The van der Waals surface area contributed by atoms with Crippen molar-refractivity contribution >= 4 is 32.5 Å². The molecule has 7 nitrogen and oxygen atoms in total. The molecule has 4 rings (SSSR count). The van der Waals surface area contributed by atoms with Crippen LogP contribution in [0.1, 0.15) is 30.9 Å². The number of carbonyl (C=O) groups is 1. The minimum Gasteiger partial charge on any atom is -0.407 e. The lowest BCUT2D eigenvalue weighted by Gasteiger charge is -2.08. The van der Waals surface area contributed by atoms with Gasteiger partial charge in [-0.1, -0.05) is 59.7 Å². The Hall–Kier alpha value is -3.52. The summed E-state index contributed by atoms with van der Waals surface area (Å²) in [5, 5.41) is 12.2. The molecule has 8 heteroatoms. The molecule has 0 spiro atoms. The zero-order chi connectivity index (χ0) is 22.7. The quantitative estimate of drug-likeness (QED) is 0.454. The van der Waals surface area contributed by atoms with Crippen LogP contribution in [0.2, 0.25) is 0 Å². The highest BCUT2D eigenvalue weighted by atomic mass is 32.2. The molecule has 0 aliphatic heterocycles. The number of nitrogens with zero attached hydrogens (tertiary/aromatic N) is 2. The predicted molar refractivity (Wildman–Crippen MR) is 122 cm³/mol. The monoisotopic (exact) mass is 449 g/mol. The van der Waals surface area contributed by atoms with Crippen molar-refractivity contribution in [2.45, 2.75) is 36.8 Å². The molecule has 0 radical (unpaired) electrons. The summed E-state index contributed by atoms with van der Waals surface area (Å²) in [7, 11) is -3.31. The largest absolute Gasteiger partial charge is 0.407 e. The van der Waals surface area contributed by atoms with Crippen LogP contribution in [-0.4, -0.2) is 29.8 Å². The summed E-state index contributed by atoms with van der Waals surface area (Å²) in [6.45, 7) is 3.30. The maximum absolute atomic E-state index is 12.4. The fourth-order valence-corrected chi connectivity index (χ4v) is 4.38. The normalized spacial score (nSPS) is 11.7. The van der Waals surface area contributed by atoms with Gasteiger partial charge in [-0.05, 0) is 47.9 Å². The van der Waals surface area contributed by atoms with Gasteiger partial charge in [0.05, 0.1) is 23.0 Å². The highest BCUT2D eigenvalue weighted by Crippen LogP contribution is 2.19. The van der Waals surface area contributed by atoms with Crippen molar-refractivity contribution in [1.29, 1.82) is 0 Å². The van der Waals surface area contributed by atoms with Gasteiger partial charge in [0, 0.05) is 0 Å². The molecule has 0 bridgehead atoms. The Labute approximate surface area is 186 Å². The summed E-state index contributed by atoms with van der Waals surface area (Å²) >= 11 is 0. The number of anilines is 1. The number of carbonyl (C=O) groups excluding carboxylic acids is 1. The van der Waals surface area contributed by atoms with Crippen molar-refractivity contribution in [2.24, 2.45) is 0 Å². The van der Waals surface area contributed by atoms with Gasteiger partial charge in [0.15, 0.2) is 9.84 Å². The molecule has 164 valence electrons. The van der Waals surface area contributed by atoms with Crippen LogP contribution in [0, 0.1) is 0 Å². The van der Waals surface area contributed by atoms with Crippen LogP contribution in [0.3, 0.4) is 0 Å². The maximum atomic E-state index is 12.4. The van der Waals surface area contributed by atoms with Crippen molar-refractivity contribution in [3.63, 3.8) is 0 Å².